The highest BCUT2D eigenvalue weighted by Gasteiger charge is 2.24. The van der Waals surface area contributed by atoms with Crippen molar-refractivity contribution in [2.24, 2.45) is 0 Å². The largest absolute Gasteiger partial charge is 0.461 e. The molecule has 0 bridgehead atoms. The van der Waals surface area contributed by atoms with E-state index >= 15 is 0 Å². The molecular formula is C24H24F2N2O3S. The highest BCUT2D eigenvalue weighted by molar-refractivity contribution is 7.16. The van der Waals surface area contributed by atoms with E-state index in [-0.39, 0.29) is 36.6 Å². The molecule has 1 aromatic heterocycles. The SMILES string of the molecule is CCOC(=O)c1nc(N(CCc2ccccc2)C(=O)CCc2cc(F)ccc2F)sc1C. The van der Waals surface area contributed by atoms with Crippen molar-refractivity contribution in [2.45, 2.75) is 33.1 Å². The molecule has 0 atom stereocenters. The summed E-state index contributed by atoms with van der Waals surface area (Å²) in [6.07, 6.45) is 0.607. The molecule has 0 aliphatic carbocycles. The number of anilines is 1. The zero-order valence-electron chi connectivity index (χ0n) is 17.9. The Morgan fingerprint density at radius 2 is 1.84 bits per heavy atom. The van der Waals surface area contributed by atoms with E-state index in [1.807, 2.05) is 30.3 Å². The molecule has 1 amide bonds. The third-order valence-electron chi connectivity index (χ3n) is 4.87. The fourth-order valence-electron chi connectivity index (χ4n) is 3.21. The first-order valence-electron chi connectivity index (χ1n) is 10.3. The fourth-order valence-corrected chi connectivity index (χ4v) is 4.15. The molecular weight excluding hydrogens is 434 g/mol. The number of carbonyl (C=O) groups excluding carboxylic acids is 2. The van der Waals surface area contributed by atoms with Crippen molar-refractivity contribution < 1.29 is 23.1 Å². The van der Waals surface area contributed by atoms with Gasteiger partial charge in [0.25, 0.3) is 0 Å². The number of amides is 1. The first-order valence-corrected chi connectivity index (χ1v) is 11.1. The van der Waals surface area contributed by atoms with Gasteiger partial charge in [-0.25, -0.2) is 18.6 Å². The van der Waals surface area contributed by atoms with Crippen molar-refractivity contribution in [3.63, 3.8) is 0 Å². The number of aryl methyl sites for hydroxylation is 2. The van der Waals surface area contributed by atoms with Gasteiger partial charge in [0.2, 0.25) is 5.91 Å². The number of benzene rings is 2. The van der Waals surface area contributed by atoms with Crippen molar-refractivity contribution >= 4 is 28.3 Å². The lowest BCUT2D eigenvalue weighted by Gasteiger charge is -2.20. The quantitative estimate of drug-likeness (QED) is 0.418. The second-order valence-corrected chi connectivity index (χ2v) is 8.32. The maximum absolute atomic E-state index is 14.0. The number of esters is 1. The number of rotatable bonds is 9. The summed E-state index contributed by atoms with van der Waals surface area (Å²) in [4.78, 5) is 31.8. The highest BCUT2D eigenvalue weighted by Crippen LogP contribution is 2.27. The number of ether oxygens (including phenoxy) is 1. The van der Waals surface area contributed by atoms with Crippen LogP contribution in [0.1, 0.15) is 39.8 Å². The van der Waals surface area contributed by atoms with Crippen LogP contribution >= 0.6 is 11.3 Å². The molecule has 0 N–H and O–H groups in total. The van der Waals surface area contributed by atoms with Crippen LogP contribution in [0.3, 0.4) is 0 Å². The minimum absolute atomic E-state index is 0.0253. The van der Waals surface area contributed by atoms with Crippen LogP contribution in [-0.2, 0) is 22.4 Å². The van der Waals surface area contributed by atoms with Crippen LogP contribution in [-0.4, -0.2) is 30.0 Å². The molecule has 2 aromatic carbocycles. The number of nitrogens with zero attached hydrogens (tertiary/aromatic N) is 2. The monoisotopic (exact) mass is 458 g/mol. The third kappa shape index (κ3) is 5.97. The molecule has 32 heavy (non-hydrogen) atoms. The molecule has 8 heteroatoms. The smallest absolute Gasteiger partial charge is 0.358 e. The summed E-state index contributed by atoms with van der Waals surface area (Å²) in [5.41, 5.74) is 1.37. The number of halogens is 2. The van der Waals surface area contributed by atoms with Gasteiger partial charge in [-0.05, 0) is 56.0 Å². The van der Waals surface area contributed by atoms with E-state index in [0.717, 1.165) is 23.8 Å². The van der Waals surface area contributed by atoms with Gasteiger partial charge in [0, 0.05) is 17.8 Å². The maximum Gasteiger partial charge on any atom is 0.358 e. The Labute approximate surface area is 189 Å². The molecule has 0 aliphatic heterocycles. The summed E-state index contributed by atoms with van der Waals surface area (Å²) in [6, 6.07) is 12.9. The minimum atomic E-state index is -0.551. The summed E-state index contributed by atoms with van der Waals surface area (Å²) < 4.78 is 32.5. The summed E-state index contributed by atoms with van der Waals surface area (Å²) in [5, 5.41) is 0.381. The van der Waals surface area contributed by atoms with Crippen molar-refractivity contribution in [1.29, 1.82) is 0 Å². The average Bonchev–Trinajstić information content (AvgIpc) is 3.16. The zero-order valence-corrected chi connectivity index (χ0v) is 18.8. The van der Waals surface area contributed by atoms with Gasteiger partial charge in [-0.15, -0.1) is 11.3 Å². The van der Waals surface area contributed by atoms with Gasteiger partial charge in [-0.1, -0.05) is 30.3 Å². The molecule has 1 heterocycles. The van der Waals surface area contributed by atoms with Crippen molar-refractivity contribution in [3.8, 4) is 0 Å². The Bertz CT molecular complexity index is 1090. The standard InChI is InChI=1S/C24H24F2N2O3S/c1-3-31-23(30)22-16(2)32-24(27-22)28(14-13-17-7-5-4-6-8-17)21(29)12-9-18-15-19(25)10-11-20(18)26/h4-8,10-11,15H,3,9,12-14H2,1-2H3. The summed E-state index contributed by atoms with van der Waals surface area (Å²) >= 11 is 1.23. The minimum Gasteiger partial charge on any atom is -0.461 e. The van der Waals surface area contributed by atoms with E-state index in [4.69, 9.17) is 4.74 Å². The maximum atomic E-state index is 14.0. The Morgan fingerprint density at radius 3 is 2.56 bits per heavy atom. The first-order chi connectivity index (χ1) is 15.4. The Morgan fingerprint density at radius 1 is 1.09 bits per heavy atom. The topological polar surface area (TPSA) is 59.5 Å². The van der Waals surface area contributed by atoms with E-state index in [2.05, 4.69) is 4.98 Å². The first kappa shape index (κ1) is 23.5. The number of hydrogen-bond donors (Lipinski definition) is 0. The van der Waals surface area contributed by atoms with Gasteiger partial charge in [-0.2, -0.15) is 0 Å². The summed E-state index contributed by atoms with van der Waals surface area (Å²) in [6.45, 7) is 4.02. The molecule has 0 saturated carbocycles. The molecule has 3 aromatic rings. The van der Waals surface area contributed by atoms with Crippen molar-refractivity contribution in [2.75, 3.05) is 18.1 Å². The number of thiazole rings is 1. The lowest BCUT2D eigenvalue weighted by Crippen LogP contribution is -2.33. The normalized spacial score (nSPS) is 10.8. The Kier molecular flexibility index (Phi) is 8.05. The molecule has 0 aliphatic rings. The molecule has 168 valence electrons. The average molecular weight is 459 g/mol. The molecule has 0 spiro atoms. The molecule has 3 rings (SSSR count). The Balaban J connectivity index is 1.81. The van der Waals surface area contributed by atoms with Gasteiger partial charge in [-0.3, -0.25) is 9.69 Å². The van der Waals surface area contributed by atoms with Gasteiger partial charge in [0.1, 0.15) is 11.6 Å². The van der Waals surface area contributed by atoms with Gasteiger partial charge in [0.05, 0.1) is 6.61 Å². The lowest BCUT2D eigenvalue weighted by molar-refractivity contribution is -0.118. The van der Waals surface area contributed by atoms with E-state index in [1.54, 1.807) is 13.8 Å². The second kappa shape index (κ2) is 10.9. The molecule has 5 nitrogen and oxygen atoms in total. The predicted octanol–water partition coefficient (Wildman–Crippen LogP) is 5.11. The van der Waals surface area contributed by atoms with E-state index in [1.165, 1.54) is 16.2 Å². The number of hydrogen-bond acceptors (Lipinski definition) is 5. The van der Waals surface area contributed by atoms with Gasteiger partial charge < -0.3 is 4.74 Å². The van der Waals surface area contributed by atoms with Gasteiger partial charge in [0.15, 0.2) is 10.8 Å². The van der Waals surface area contributed by atoms with Crippen LogP contribution < -0.4 is 4.90 Å². The van der Waals surface area contributed by atoms with Crippen molar-refractivity contribution in [3.05, 3.63) is 81.9 Å². The van der Waals surface area contributed by atoms with E-state index in [9.17, 15) is 18.4 Å². The summed E-state index contributed by atoms with van der Waals surface area (Å²) in [5.74, 6) is -1.92. The second-order valence-electron chi connectivity index (χ2n) is 7.14. The number of carbonyl (C=O) groups is 2. The van der Waals surface area contributed by atoms with Crippen LogP contribution in [0.25, 0.3) is 0 Å². The van der Waals surface area contributed by atoms with E-state index < -0.39 is 17.6 Å². The van der Waals surface area contributed by atoms with Crippen LogP contribution in [0, 0.1) is 18.6 Å². The number of aromatic nitrogens is 1. The van der Waals surface area contributed by atoms with Crippen LogP contribution in [0.4, 0.5) is 13.9 Å². The molecule has 0 unspecified atom stereocenters. The van der Waals surface area contributed by atoms with Crippen LogP contribution in [0.15, 0.2) is 48.5 Å². The van der Waals surface area contributed by atoms with Crippen molar-refractivity contribution in [1.82, 2.24) is 4.98 Å². The van der Waals surface area contributed by atoms with Crippen LogP contribution in [0.5, 0.6) is 0 Å². The highest BCUT2D eigenvalue weighted by atomic mass is 32.1. The third-order valence-corrected chi connectivity index (χ3v) is 5.86. The van der Waals surface area contributed by atoms with E-state index in [0.29, 0.717) is 23.0 Å². The predicted molar refractivity (Wildman–Crippen MR) is 120 cm³/mol. The fraction of sp³-hybridized carbons (Fsp3) is 0.292. The lowest BCUT2D eigenvalue weighted by atomic mass is 10.1. The Hall–Kier alpha value is -3.13. The van der Waals surface area contributed by atoms with Gasteiger partial charge >= 0.3 is 5.97 Å². The summed E-state index contributed by atoms with van der Waals surface area (Å²) in [7, 11) is 0. The molecule has 0 saturated heterocycles. The molecule has 0 fully saturated rings. The zero-order chi connectivity index (χ0) is 23.1. The molecule has 0 radical (unpaired) electrons. The van der Waals surface area contributed by atoms with Crippen LogP contribution in [0.2, 0.25) is 0 Å².